The number of rotatable bonds is 4. The lowest BCUT2D eigenvalue weighted by Gasteiger charge is -2.16. The number of para-hydroxylation sites is 1. The van der Waals surface area contributed by atoms with E-state index < -0.39 is 0 Å². The maximum Gasteiger partial charge on any atom is 0.125 e. The second-order valence-electron chi connectivity index (χ2n) is 3.48. The zero-order valence-electron chi connectivity index (χ0n) is 9.08. The van der Waals surface area contributed by atoms with Gasteiger partial charge in [0.25, 0.3) is 0 Å². The van der Waals surface area contributed by atoms with Gasteiger partial charge in [0.1, 0.15) is 5.75 Å². The lowest BCUT2D eigenvalue weighted by Crippen LogP contribution is -2.03. The van der Waals surface area contributed by atoms with E-state index in [1.807, 2.05) is 19.1 Å². The van der Waals surface area contributed by atoms with Gasteiger partial charge in [0.05, 0.1) is 7.11 Å². The Bertz CT molecular complexity index is 294. The second kappa shape index (κ2) is 5.01. The van der Waals surface area contributed by atoms with Gasteiger partial charge in [0.2, 0.25) is 0 Å². The molecule has 1 aromatic carbocycles. The molecule has 0 heterocycles. The van der Waals surface area contributed by atoms with Crippen LogP contribution in [0.15, 0.2) is 18.2 Å². The molecule has 14 heavy (non-hydrogen) atoms. The summed E-state index contributed by atoms with van der Waals surface area (Å²) in [5.41, 5.74) is 2.29. The van der Waals surface area contributed by atoms with Gasteiger partial charge in [-0.25, -0.2) is 0 Å². The summed E-state index contributed by atoms with van der Waals surface area (Å²) < 4.78 is 5.38. The van der Waals surface area contributed by atoms with Gasteiger partial charge in [-0.1, -0.05) is 32.0 Å². The van der Waals surface area contributed by atoms with Crippen LogP contribution in [0.5, 0.6) is 5.75 Å². The van der Waals surface area contributed by atoms with Gasteiger partial charge in [-0.05, 0) is 17.5 Å². The molecule has 1 atom stereocenters. The topological polar surface area (TPSA) is 29.5 Å². The Balaban J connectivity index is 3.14. The van der Waals surface area contributed by atoms with Gasteiger partial charge in [-0.3, -0.25) is 0 Å². The Labute approximate surface area is 85.5 Å². The Morgan fingerprint density at radius 2 is 2.14 bits per heavy atom. The Morgan fingerprint density at radius 3 is 2.64 bits per heavy atom. The van der Waals surface area contributed by atoms with E-state index in [9.17, 15) is 0 Å². The molecule has 0 radical (unpaired) electrons. The molecule has 0 aliphatic heterocycles. The van der Waals surface area contributed by atoms with Gasteiger partial charge >= 0.3 is 0 Å². The Morgan fingerprint density at radius 1 is 1.43 bits per heavy atom. The van der Waals surface area contributed by atoms with Gasteiger partial charge in [-0.2, -0.15) is 0 Å². The first-order valence-electron chi connectivity index (χ1n) is 5.01. The molecule has 1 unspecified atom stereocenters. The van der Waals surface area contributed by atoms with Crippen LogP contribution >= 0.6 is 0 Å². The molecule has 1 aromatic rings. The van der Waals surface area contributed by atoms with Crippen molar-refractivity contribution >= 4 is 0 Å². The third kappa shape index (κ3) is 2.07. The van der Waals surface area contributed by atoms with Crippen molar-refractivity contribution in [3.05, 3.63) is 29.3 Å². The maximum absolute atomic E-state index is 9.12. The van der Waals surface area contributed by atoms with Gasteiger partial charge in [0.15, 0.2) is 0 Å². The average Bonchev–Trinajstić information content (AvgIpc) is 2.26. The van der Waals surface area contributed by atoms with Gasteiger partial charge in [0, 0.05) is 12.5 Å². The fraction of sp³-hybridized carbons (Fsp3) is 0.500. The van der Waals surface area contributed by atoms with Crippen LogP contribution in [0.2, 0.25) is 0 Å². The van der Waals surface area contributed by atoms with E-state index in [0.717, 1.165) is 17.7 Å². The van der Waals surface area contributed by atoms with Crippen molar-refractivity contribution < 1.29 is 9.84 Å². The summed E-state index contributed by atoms with van der Waals surface area (Å²) in [6.07, 6.45) is 0.954. The number of benzene rings is 1. The summed E-state index contributed by atoms with van der Waals surface area (Å²) in [5, 5.41) is 9.12. The molecule has 1 N–H and O–H groups in total. The summed E-state index contributed by atoms with van der Waals surface area (Å²) in [6, 6.07) is 6.09. The van der Waals surface area contributed by atoms with Crippen LogP contribution in [-0.4, -0.2) is 18.8 Å². The molecule has 0 aliphatic rings. The van der Waals surface area contributed by atoms with Crippen molar-refractivity contribution in [3.8, 4) is 5.75 Å². The summed E-state index contributed by atoms with van der Waals surface area (Å²) >= 11 is 0. The van der Waals surface area contributed by atoms with Crippen LogP contribution < -0.4 is 4.74 Å². The zero-order valence-corrected chi connectivity index (χ0v) is 9.08. The van der Waals surface area contributed by atoms with E-state index in [2.05, 4.69) is 13.0 Å². The van der Waals surface area contributed by atoms with E-state index in [-0.39, 0.29) is 12.5 Å². The van der Waals surface area contributed by atoms with Crippen molar-refractivity contribution in [3.63, 3.8) is 0 Å². The summed E-state index contributed by atoms with van der Waals surface area (Å²) in [4.78, 5) is 0. The molecule has 0 fully saturated rings. The highest BCUT2D eigenvalue weighted by molar-refractivity contribution is 5.43. The van der Waals surface area contributed by atoms with Crippen molar-refractivity contribution in [2.75, 3.05) is 13.7 Å². The molecule has 1 rings (SSSR count). The molecule has 2 heteroatoms. The smallest absolute Gasteiger partial charge is 0.125 e. The van der Waals surface area contributed by atoms with E-state index >= 15 is 0 Å². The zero-order chi connectivity index (χ0) is 10.6. The second-order valence-corrected chi connectivity index (χ2v) is 3.48. The Hall–Kier alpha value is -1.02. The number of aliphatic hydroxyl groups is 1. The maximum atomic E-state index is 9.12. The average molecular weight is 194 g/mol. The number of hydrogen-bond donors (Lipinski definition) is 1. The number of methoxy groups -OCH3 is 1. The Kier molecular flexibility index (Phi) is 3.96. The van der Waals surface area contributed by atoms with Crippen LogP contribution in [0.1, 0.15) is 30.9 Å². The fourth-order valence-electron chi connectivity index (χ4n) is 1.62. The minimum Gasteiger partial charge on any atom is -0.496 e. The first-order valence-corrected chi connectivity index (χ1v) is 5.01. The monoisotopic (exact) mass is 194 g/mol. The molecular formula is C12H18O2. The number of aryl methyl sites for hydroxylation is 1. The standard InChI is InChI=1S/C12H18O2/c1-4-10-6-5-7-11(9(2)8-13)12(10)14-3/h5-7,9,13H,4,8H2,1-3H3. The molecule has 0 amide bonds. The summed E-state index contributed by atoms with van der Waals surface area (Å²) in [6.45, 7) is 4.26. The molecule has 0 aromatic heterocycles. The van der Waals surface area contributed by atoms with Crippen molar-refractivity contribution in [1.82, 2.24) is 0 Å². The minimum atomic E-state index is 0.136. The molecule has 2 nitrogen and oxygen atoms in total. The van der Waals surface area contributed by atoms with Crippen molar-refractivity contribution in [1.29, 1.82) is 0 Å². The number of aliphatic hydroxyl groups excluding tert-OH is 1. The van der Waals surface area contributed by atoms with Crippen LogP contribution in [0.3, 0.4) is 0 Å². The van der Waals surface area contributed by atoms with Crippen LogP contribution in [0.4, 0.5) is 0 Å². The minimum absolute atomic E-state index is 0.136. The predicted octanol–water partition coefficient (Wildman–Crippen LogP) is 2.35. The molecule has 0 bridgehead atoms. The fourth-order valence-corrected chi connectivity index (χ4v) is 1.62. The molecule has 78 valence electrons. The molecule has 0 spiro atoms. The predicted molar refractivity (Wildman–Crippen MR) is 57.9 cm³/mol. The highest BCUT2D eigenvalue weighted by Gasteiger charge is 2.12. The quantitative estimate of drug-likeness (QED) is 0.797. The van der Waals surface area contributed by atoms with Crippen LogP contribution in [-0.2, 0) is 6.42 Å². The highest BCUT2D eigenvalue weighted by atomic mass is 16.5. The first-order chi connectivity index (χ1) is 6.74. The lowest BCUT2D eigenvalue weighted by atomic mass is 9.97. The van der Waals surface area contributed by atoms with Crippen LogP contribution in [0.25, 0.3) is 0 Å². The highest BCUT2D eigenvalue weighted by Crippen LogP contribution is 2.30. The molecule has 0 saturated carbocycles. The first kappa shape index (κ1) is 11.1. The molecular weight excluding hydrogens is 176 g/mol. The normalized spacial score (nSPS) is 12.6. The molecule has 0 saturated heterocycles. The number of hydrogen-bond acceptors (Lipinski definition) is 2. The summed E-state index contributed by atoms with van der Waals surface area (Å²) in [5.74, 6) is 1.06. The van der Waals surface area contributed by atoms with Crippen LogP contribution in [0, 0.1) is 0 Å². The summed E-state index contributed by atoms with van der Waals surface area (Å²) in [7, 11) is 1.68. The largest absolute Gasteiger partial charge is 0.496 e. The van der Waals surface area contributed by atoms with Crippen molar-refractivity contribution in [2.24, 2.45) is 0 Å². The number of ether oxygens (including phenoxy) is 1. The molecule has 0 aliphatic carbocycles. The van der Waals surface area contributed by atoms with Gasteiger partial charge < -0.3 is 9.84 Å². The van der Waals surface area contributed by atoms with Crippen molar-refractivity contribution in [2.45, 2.75) is 26.2 Å². The SMILES string of the molecule is CCc1cccc(C(C)CO)c1OC. The lowest BCUT2D eigenvalue weighted by molar-refractivity contribution is 0.269. The third-order valence-corrected chi connectivity index (χ3v) is 2.52. The van der Waals surface area contributed by atoms with E-state index in [1.165, 1.54) is 5.56 Å². The van der Waals surface area contributed by atoms with Gasteiger partial charge in [-0.15, -0.1) is 0 Å². The van der Waals surface area contributed by atoms with E-state index in [4.69, 9.17) is 9.84 Å². The van der Waals surface area contributed by atoms with E-state index in [1.54, 1.807) is 7.11 Å². The van der Waals surface area contributed by atoms with E-state index in [0.29, 0.717) is 0 Å². The third-order valence-electron chi connectivity index (χ3n) is 2.52.